The summed E-state index contributed by atoms with van der Waals surface area (Å²) in [4.78, 5) is 45.2. The van der Waals surface area contributed by atoms with Crippen LogP contribution in [0.25, 0.3) is 0 Å². The van der Waals surface area contributed by atoms with Crippen molar-refractivity contribution in [3.05, 3.63) is 54.6 Å². The topological polar surface area (TPSA) is 87.1 Å². The summed E-state index contributed by atoms with van der Waals surface area (Å²) in [7, 11) is 0. The fourth-order valence-electron chi connectivity index (χ4n) is 6.66. The summed E-state index contributed by atoms with van der Waals surface area (Å²) in [5.74, 6) is -1.99. The van der Waals surface area contributed by atoms with Gasteiger partial charge in [-0.05, 0) is 64.0 Å². The van der Waals surface area contributed by atoms with Gasteiger partial charge in [-0.1, -0.05) is 30.4 Å². The normalized spacial score (nSPS) is 28.2. The highest BCUT2D eigenvalue weighted by Gasteiger charge is 2.74. The third-order valence-corrected chi connectivity index (χ3v) is 10.3. The number of benzene rings is 1. The zero-order valence-corrected chi connectivity index (χ0v) is 23.5. The van der Waals surface area contributed by atoms with Gasteiger partial charge in [0.05, 0.1) is 35.8 Å². The van der Waals surface area contributed by atoms with Gasteiger partial charge in [0.15, 0.2) is 0 Å². The maximum Gasteiger partial charge on any atom is 0.310 e. The number of carbonyl (C=O) groups is 3. The molecule has 2 amide bonds. The van der Waals surface area contributed by atoms with E-state index >= 15 is 0 Å². The zero-order chi connectivity index (χ0) is 27.6. The number of esters is 1. The highest BCUT2D eigenvalue weighted by Crippen LogP contribution is 2.67. The van der Waals surface area contributed by atoms with Gasteiger partial charge in [-0.25, -0.2) is 0 Å². The Morgan fingerprint density at radius 2 is 1.97 bits per heavy atom. The van der Waals surface area contributed by atoms with Gasteiger partial charge in [0, 0.05) is 17.5 Å². The smallest absolute Gasteiger partial charge is 0.310 e. The van der Waals surface area contributed by atoms with Gasteiger partial charge < -0.3 is 19.6 Å². The van der Waals surface area contributed by atoms with Crippen molar-refractivity contribution in [3.63, 3.8) is 0 Å². The monoisotopic (exact) mass is 540 g/mol. The van der Waals surface area contributed by atoms with Crippen molar-refractivity contribution in [3.8, 4) is 0 Å². The van der Waals surface area contributed by atoms with E-state index in [4.69, 9.17) is 4.74 Å². The molecule has 2 unspecified atom stereocenters. The summed E-state index contributed by atoms with van der Waals surface area (Å²) in [6.45, 7) is 13.6. The molecule has 7 nitrogen and oxygen atoms in total. The maximum absolute atomic E-state index is 14.6. The van der Waals surface area contributed by atoms with E-state index < -0.39 is 28.7 Å². The second-order valence-electron chi connectivity index (χ2n) is 10.8. The second-order valence-corrected chi connectivity index (χ2v) is 12.4. The lowest BCUT2D eigenvalue weighted by molar-refractivity contribution is -0.154. The van der Waals surface area contributed by atoms with Crippen LogP contribution in [0, 0.1) is 25.7 Å². The molecule has 8 heteroatoms. The van der Waals surface area contributed by atoms with Gasteiger partial charge in [-0.15, -0.1) is 24.9 Å². The molecular weight excluding hydrogens is 500 g/mol. The van der Waals surface area contributed by atoms with Crippen LogP contribution >= 0.6 is 11.8 Å². The summed E-state index contributed by atoms with van der Waals surface area (Å²) in [5, 5.41) is 10.1. The van der Waals surface area contributed by atoms with Crippen molar-refractivity contribution in [2.45, 2.75) is 75.0 Å². The van der Waals surface area contributed by atoms with Gasteiger partial charge >= 0.3 is 5.97 Å². The van der Waals surface area contributed by atoms with E-state index in [0.717, 1.165) is 42.5 Å². The first kappa shape index (κ1) is 28.4. The van der Waals surface area contributed by atoms with E-state index in [1.165, 1.54) is 0 Å². The Bertz CT molecular complexity index is 1090. The lowest BCUT2D eigenvalue weighted by Crippen LogP contribution is -2.57. The first-order valence-electron chi connectivity index (χ1n) is 13.6. The first-order valence-corrected chi connectivity index (χ1v) is 14.5. The number of amides is 2. The molecule has 1 spiro atoms. The minimum Gasteiger partial charge on any atom is -0.465 e. The van der Waals surface area contributed by atoms with Gasteiger partial charge in [-0.3, -0.25) is 14.4 Å². The number of hydrogen-bond acceptors (Lipinski definition) is 6. The van der Waals surface area contributed by atoms with E-state index in [-0.39, 0.29) is 29.6 Å². The number of nitrogens with zero attached hydrogens (tertiary/aromatic N) is 2. The van der Waals surface area contributed by atoms with Crippen LogP contribution in [0.1, 0.15) is 50.2 Å². The molecule has 6 atom stereocenters. The molecule has 38 heavy (non-hydrogen) atoms. The molecular formula is C30H40N2O5S. The first-order chi connectivity index (χ1) is 18.2. The molecule has 4 rings (SSSR count). The van der Waals surface area contributed by atoms with Crippen LogP contribution in [0.4, 0.5) is 5.69 Å². The van der Waals surface area contributed by atoms with Crippen molar-refractivity contribution in [1.82, 2.24) is 4.90 Å². The summed E-state index contributed by atoms with van der Waals surface area (Å²) >= 11 is 1.61. The lowest BCUT2D eigenvalue weighted by atomic mass is 9.71. The number of likely N-dealkylation sites (tertiary alicyclic amines) is 1. The van der Waals surface area contributed by atoms with Crippen molar-refractivity contribution < 1.29 is 24.2 Å². The van der Waals surface area contributed by atoms with Crippen LogP contribution in [-0.2, 0) is 19.1 Å². The number of aliphatic hydroxyl groups excluding tert-OH is 1. The number of ether oxygens (including phenoxy) is 1. The minimum atomic E-state index is -0.790. The number of unbranched alkanes of at least 4 members (excludes halogenated alkanes) is 2. The predicted octanol–water partition coefficient (Wildman–Crippen LogP) is 4.19. The Morgan fingerprint density at radius 3 is 2.61 bits per heavy atom. The number of para-hydroxylation sites is 1. The second kappa shape index (κ2) is 11.7. The zero-order valence-electron chi connectivity index (χ0n) is 22.7. The highest BCUT2D eigenvalue weighted by molar-refractivity contribution is 8.02. The molecule has 0 aromatic heterocycles. The number of aliphatic hydroxyl groups is 1. The van der Waals surface area contributed by atoms with Gasteiger partial charge in [0.1, 0.15) is 6.04 Å². The van der Waals surface area contributed by atoms with Gasteiger partial charge in [0.25, 0.3) is 5.91 Å². The molecule has 3 aliphatic rings. The summed E-state index contributed by atoms with van der Waals surface area (Å²) in [6, 6.07) is 4.55. The Labute approximate surface area is 230 Å². The van der Waals surface area contributed by atoms with Crippen LogP contribution in [0.15, 0.2) is 43.5 Å². The fraction of sp³-hybridized carbons (Fsp3) is 0.567. The predicted molar refractivity (Wildman–Crippen MR) is 151 cm³/mol. The number of carbonyl (C=O) groups excluding carboxylic acids is 3. The number of allylic oxidation sites excluding steroid dienone is 1. The van der Waals surface area contributed by atoms with Crippen LogP contribution in [0.3, 0.4) is 0 Å². The summed E-state index contributed by atoms with van der Waals surface area (Å²) < 4.78 is 4.94. The number of anilines is 1. The van der Waals surface area contributed by atoms with E-state index in [9.17, 15) is 19.5 Å². The number of fused-ring (bicyclic) bond motifs is 1. The molecule has 3 fully saturated rings. The van der Waals surface area contributed by atoms with E-state index in [2.05, 4.69) is 13.2 Å². The van der Waals surface area contributed by atoms with Crippen molar-refractivity contribution in [2.75, 3.05) is 24.7 Å². The molecule has 206 valence electrons. The standard InChI is InChI=1S/C30H40N2O5S/c1-6-8-9-10-17-37-29(36)23-22-14-15-30(38-22)24(23)27(34)32(21(5)18-33)26(30)28(35)31(16-7-2)25-19(3)12-11-13-20(25)4/h6-7,11-13,21-24,26,33H,1-2,8-10,14-18H2,3-5H3/t21-,22-,23+,24+,26?,30?/m1/s1. The molecule has 0 aliphatic carbocycles. The average Bonchev–Trinajstić information content (AvgIpc) is 3.54. The number of hydrogen-bond donors (Lipinski definition) is 1. The molecule has 1 N–H and O–H groups in total. The van der Waals surface area contributed by atoms with Crippen LogP contribution in [0.5, 0.6) is 0 Å². The van der Waals surface area contributed by atoms with Crippen LogP contribution < -0.4 is 4.90 Å². The lowest BCUT2D eigenvalue weighted by Gasteiger charge is -2.39. The third-order valence-electron chi connectivity index (χ3n) is 8.32. The van der Waals surface area contributed by atoms with E-state index in [1.54, 1.807) is 34.6 Å². The maximum atomic E-state index is 14.6. The average molecular weight is 541 g/mol. The molecule has 3 saturated heterocycles. The molecule has 0 radical (unpaired) electrons. The quantitative estimate of drug-likeness (QED) is 0.243. The Morgan fingerprint density at radius 1 is 1.26 bits per heavy atom. The van der Waals surface area contributed by atoms with Crippen molar-refractivity contribution in [2.24, 2.45) is 11.8 Å². The molecule has 0 saturated carbocycles. The minimum absolute atomic E-state index is 0.0560. The highest BCUT2D eigenvalue weighted by atomic mass is 32.2. The number of rotatable bonds is 12. The molecule has 1 aromatic rings. The number of thioether (sulfide) groups is 1. The van der Waals surface area contributed by atoms with Crippen molar-refractivity contribution in [1.29, 1.82) is 0 Å². The Balaban J connectivity index is 1.70. The molecule has 3 aliphatic heterocycles. The third kappa shape index (κ3) is 4.70. The van der Waals surface area contributed by atoms with Gasteiger partial charge in [-0.2, -0.15) is 0 Å². The SMILES string of the molecule is C=CCCCCOC(=O)[C@@H]1[C@H]2C(=O)N([C@H](C)CO)C(C(=O)N(CC=C)c3c(C)cccc3C)C23CC[C@H]1S3. The Hall–Kier alpha value is -2.58. The fourth-order valence-corrected chi connectivity index (χ4v) is 8.85. The summed E-state index contributed by atoms with van der Waals surface area (Å²) in [6.07, 6.45) is 7.46. The largest absolute Gasteiger partial charge is 0.465 e. The van der Waals surface area contributed by atoms with Crippen molar-refractivity contribution >= 4 is 35.2 Å². The van der Waals surface area contributed by atoms with E-state index in [1.807, 2.05) is 38.1 Å². The molecule has 1 aromatic carbocycles. The van der Waals surface area contributed by atoms with E-state index in [0.29, 0.717) is 19.6 Å². The number of aryl methyl sites for hydroxylation is 2. The van der Waals surface area contributed by atoms with Gasteiger partial charge in [0.2, 0.25) is 5.91 Å². The van der Waals surface area contributed by atoms with Crippen LogP contribution in [-0.4, -0.2) is 69.6 Å². The molecule has 2 bridgehead atoms. The summed E-state index contributed by atoms with van der Waals surface area (Å²) in [5.41, 5.74) is 2.73. The Kier molecular flexibility index (Phi) is 8.72. The van der Waals surface area contributed by atoms with Crippen LogP contribution in [0.2, 0.25) is 0 Å². The molecule has 3 heterocycles.